The van der Waals surface area contributed by atoms with Crippen molar-refractivity contribution >= 4 is 41.5 Å². The summed E-state index contributed by atoms with van der Waals surface area (Å²) in [5.41, 5.74) is 3.34. The molecule has 2 heterocycles. The molecule has 1 fully saturated rings. The minimum absolute atomic E-state index is 0. The van der Waals surface area contributed by atoms with Gasteiger partial charge >= 0.3 is 0 Å². The first kappa shape index (κ1) is 24.1. The van der Waals surface area contributed by atoms with Crippen LogP contribution in [0.5, 0.6) is 0 Å². The zero-order valence-electron chi connectivity index (χ0n) is 18.4. The van der Waals surface area contributed by atoms with Crippen molar-refractivity contribution in [1.29, 1.82) is 0 Å². The summed E-state index contributed by atoms with van der Waals surface area (Å²) in [4.78, 5) is 23.1. The number of carbonyl (C=O) groups is 1. The number of halogens is 1. The molecule has 3 rings (SSSR count). The van der Waals surface area contributed by atoms with Crippen LogP contribution in [-0.4, -0.2) is 78.8 Å². The van der Waals surface area contributed by atoms with Crippen LogP contribution in [0.4, 0.5) is 5.69 Å². The van der Waals surface area contributed by atoms with E-state index in [0.29, 0.717) is 19.6 Å². The fraction of sp³-hybridized carbons (Fsp3) is 0.476. The summed E-state index contributed by atoms with van der Waals surface area (Å²) in [5.74, 6) is 0.804. The van der Waals surface area contributed by atoms with Crippen molar-refractivity contribution in [3.63, 3.8) is 0 Å². The van der Waals surface area contributed by atoms with Crippen molar-refractivity contribution in [2.24, 2.45) is 12.0 Å². The van der Waals surface area contributed by atoms with E-state index in [1.807, 2.05) is 18.1 Å². The van der Waals surface area contributed by atoms with Crippen molar-refractivity contribution in [1.82, 2.24) is 24.9 Å². The molecule has 0 radical (unpaired) electrons. The molecule has 1 amide bonds. The van der Waals surface area contributed by atoms with Gasteiger partial charge in [0.15, 0.2) is 5.96 Å². The van der Waals surface area contributed by atoms with Crippen LogP contribution in [-0.2, 0) is 11.8 Å². The lowest BCUT2D eigenvalue weighted by molar-refractivity contribution is -0.120. The molecule has 8 nitrogen and oxygen atoms in total. The van der Waals surface area contributed by atoms with Gasteiger partial charge in [-0.2, -0.15) is 5.10 Å². The minimum atomic E-state index is 0. The van der Waals surface area contributed by atoms with Crippen LogP contribution in [0.3, 0.4) is 0 Å². The zero-order valence-corrected chi connectivity index (χ0v) is 20.7. The van der Waals surface area contributed by atoms with Crippen molar-refractivity contribution in [3.8, 4) is 0 Å². The number of hydrogen-bond donors (Lipinski definition) is 1. The van der Waals surface area contributed by atoms with E-state index >= 15 is 0 Å². The van der Waals surface area contributed by atoms with E-state index in [9.17, 15) is 4.79 Å². The first-order chi connectivity index (χ1) is 13.9. The number of aromatic nitrogens is 2. The van der Waals surface area contributed by atoms with Gasteiger partial charge in [0.2, 0.25) is 5.91 Å². The molecule has 1 aromatic heterocycles. The number of hydrogen-bond acceptors (Lipinski definition) is 4. The van der Waals surface area contributed by atoms with Gasteiger partial charge in [-0.3, -0.25) is 14.5 Å². The van der Waals surface area contributed by atoms with Crippen molar-refractivity contribution in [2.45, 2.75) is 13.0 Å². The SMILES string of the molecule is CN=C(NCC(c1ccc(C)cc1)N(C)C)N1CCN(c2cnn(C)c2)C(=O)C1.I. The van der Waals surface area contributed by atoms with Crippen molar-refractivity contribution in [3.05, 3.63) is 47.8 Å². The number of likely N-dealkylation sites (N-methyl/N-ethyl adjacent to an activating group) is 1. The molecule has 0 aliphatic carbocycles. The van der Waals surface area contributed by atoms with Gasteiger partial charge in [-0.05, 0) is 26.6 Å². The van der Waals surface area contributed by atoms with Crippen molar-refractivity contribution < 1.29 is 4.79 Å². The second-order valence-corrected chi connectivity index (χ2v) is 7.66. The molecule has 164 valence electrons. The molecule has 1 aliphatic rings. The average molecular weight is 525 g/mol. The maximum Gasteiger partial charge on any atom is 0.246 e. The second kappa shape index (κ2) is 10.8. The first-order valence-electron chi connectivity index (χ1n) is 9.86. The first-order valence-corrected chi connectivity index (χ1v) is 9.86. The number of carbonyl (C=O) groups excluding carboxylic acids is 1. The lowest BCUT2D eigenvalue weighted by Gasteiger charge is -2.36. The number of rotatable bonds is 5. The van der Waals surface area contributed by atoms with Crippen LogP contribution in [0, 0.1) is 6.92 Å². The Labute approximate surface area is 195 Å². The van der Waals surface area contributed by atoms with Gasteiger partial charge in [0.05, 0.1) is 17.9 Å². The molecule has 1 unspecified atom stereocenters. The highest BCUT2D eigenvalue weighted by Gasteiger charge is 2.28. The maximum atomic E-state index is 12.7. The molecule has 1 aromatic carbocycles. The number of aryl methyl sites for hydroxylation is 2. The predicted molar refractivity (Wildman–Crippen MR) is 132 cm³/mol. The van der Waals surface area contributed by atoms with E-state index in [1.54, 1.807) is 22.8 Å². The van der Waals surface area contributed by atoms with Gasteiger partial charge in [0.1, 0.15) is 6.54 Å². The van der Waals surface area contributed by atoms with Gasteiger partial charge in [0.25, 0.3) is 0 Å². The summed E-state index contributed by atoms with van der Waals surface area (Å²) >= 11 is 0. The quantitative estimate of drug-likeness (QED) is 0.367. The summed E-state index contributed by atoms with van der Waals surface area (Å²) < 4.78 is 1.71. The van der Waals surface area contributed by atoms with Crippen molar-refractivity contribution in [2.75, 3.05) is 52.2 Å². The summed E-state index contributed by atoms with van der Waals surface area (Å²) in [5, 5.41) is 7.62. The number of nitrogens with zero attached hydrogens (tertiary/aromatic N) is 6. The Hall–Kier alpha value is -2.14. The van der Waals surface area contributed by atoms with E-state index in [4.69, 9.17) is 0 Å². The Morgan fingerprint density at radius 2 is 1.97 bits per heavy atom. The Morgan fingerprint density at radius 1 is 1.27 bits per heavy atom. The summed E-state index contributed by atoms with van der Waals surface area (Å²) in [6.45, 7) is 4.43. The third-order valence-electron chi connectivity index (χ3n) is 5.27. The van der Waals surface area contributed by atoms with E-state index in [1.165, 1.54) is 11.1 Å². The molecule has 1 N–H and O–H groups in total. The monoisotopic (exact) mass is 525 g/mol. The third-order valence-corrected chi connectivity index (χ3v) is 5.27. The van der Waals surface area contributed by atoms with E-state index < -0.39 is 0 Å². The number of benzene rings is 1. The number of piperazine rings is 1. The molecule has 0 saturated carbocycles. The molecular weight excluding hydrogens is 493 g/mol. The Kier molecular flexibility index (Phi) is 8.65. The van der Waals surface area contributed by atoms with Crippen LogP contribution in [0.1, 0.15) is 17.2 Å². The normalized spacial score (nSPS) is 15.9. The van der Waals surface area contributed by atoms with E-state index in [2.05, 4.69) is 65.6 Å². The third kappa shape index (κ3) is 5.72. The number of amides is 1. The maximum absolute atomic E-state index is 12.7. The van der Waals surface area contributed by atoms with Crippen LogP contribution in [0.15, 0.2) is 41.7 Å². The largest absolute Gasteiger partial charge is 0.354 e. The smallest absolute Gasteiger partial charge is 0.246 e. The van der Waals surface area contributed by atoms with Gasteiger partial charge in [-0.1, -0.05) is 29.8 Å². The average Bonchev–Trinajstić information content (AvgIpc) is 3.12. The Bertz CT molecular complexity index is 862. The molecule has 1 atom stereocenters. The number of anilines is 1. The number of aliphatic imine (C=N–C) groups is 1. The summed E-state index contributed by atoms with van der Waals surface area (Å²) in [7, 11) is 7.76. The molecule has 1 aliphatic heterocycles. The lowest BCUT2D eigenvalue weighted by atomic mass is 10.0. The molecule has 9 heteroatoms. The van der Waals surface area contributed by atoms with E-state index in [-0.39, 0.29) is 35.9 Å². The molecule has 2 aromatic rings. The molecule has 0 spiro atoms. The standard InChI is InChI=1S/C21H31N7O.HI/c1-16-6-8-17(9-7-16)19(25(3)4)13-23-21(22-2)27-10-11-28(20(29)15-27)18-12-24-26(5)14-18;/h6-9,12,14,19H,10-11,13,15H2,1-5H3,(H,22,23);1H. The van der Waals surface area contributed by atoms with Gasteiger partial charge in [0, 0.05) is 39.9 Å². The van der Waals surface area contributed by atoms with Crippen LogP contribution in [0.2, 0.25) is 0 Å². The van der Waals surface area contributed by atoms with Gasteiger partial charge in [-0.25, -0.2) is 0 Å². The molecule has 1 saturated heterocycles. The number of nitrogens with one attached hydrogen (secondary N) is 1. The fourth-order valence-electron chi connectivity index (χ4n) is 3.58. The minimum Gasteiger partial charge on any atom is -0.354 e. The summed E-state index contributed by atoms with van der Waals surface area (Å²) in [6, 6.07) is 8.81. The Morgan fingerprint density at radius 3 is 2.50 bits per heavy atom. The topological polar surface area (TPSA) is 69.0 Å². The highest BCUT2D eigenvalue weighted by Crippen LogP contribution is 2.19. The van der Waals surface area contributed by atoms with Crippen LogP contribution < -0.4 is 10.2 Å². The van der Waals surface area contributed by atoms with Crippen LogP contribution in [0.25, 0.3) is 0 Å². The highest BCUT2D eigenvalue weighted by atomic mass is 127. The second-order valence-electron chi connectivity index (χ2n) is 7.66. The lowest BCUT2D eigenvalue weighted by Crippen LogP contribution is -2.56. The highest BCUT2D eigenvalue weighted by molar-refractivity contribution is 14.0. The molecule has 30 heavy (non-hydrogen) atoms. The predicted octanol–water partition coefficient (Wildman–Crippen LogP) is 1.87. The van der Waals surface area contributed by atoms with Gasteiger partial charge < -0.3 is 20.0 Å². The Balaban J connectivity index is 0.00000320. The molecular formula is C21H32IN7O. The van der Waals surface area contributed by atoms with E-state index in [0.717, 1.165) is 18.2 Å². The molecule has 0 bridgehead atoms. The fourth-order valence-corrected chi connectivity index (χ4v) is 3.58. The summed E-state index contributed by atoms with van der Waals surface area (Å²) in [6.07, 6.45) is 3.59. The van der Waals surface area contributed by atoms with Gasteiger partial charge in [-0.15, -0.1) is 24.0 Å². The van der Waals surface area contributed by atoms with Crippen LogP contribution >= 0.6 is 24.0 Å². The number of guanidine groups is 1. The zero-order chi connectivity index (χ0) is 21.0.